The molecule has 0 fully saturated rings. The molecule has 0 bridgehead atoms. The number of rotatable bonds is 7. The van der Waals surface area contributed by atoms with Crippen LogP contribution in [0.25, 0.3) is 10.9 Å². The van der Waals surface area contributed by atoms with Crippen LogP contribution in [0.2, 0.25) is 0 Å². The number of nitrogens with one attached hydrogen (secondary N) is 2. The normalized spacial score (nSPS) is 14.0. The maximum Gasteiger partial charge on any atom is 0.237 e. The molecule has 4 heteroatoms. The zero-order valence-corrected chi connectivity index (χ0v) is 12.9. The molecule has 1 heterocycles. The van der Waals surface area contributed by atoms with Crippen molar-refractivity contribution in [1.29, 1.82) is 0 Å². The Morgan fingerprint density at radius 3 is 2.81 bits per heavy atom. The van der Waals surface area contributed by atoms with Gasteiger partial charge in [0.25, 0.3) is 0 Å². The fourth-order valence-corrected chi connectivity index (χ4v) is 2.67. The second-order valence-electron chi connectivity index (χ2n) is 5.57. The van der Waals surface area contributed by atoms with Crippen LogP contribution in [-0.2, 0) is 11.2 Å². The SMILES string of the molecule is CCCC(CC)NC(=O)[C@H](N)Cc1c[nH]c2ccccc12. The number of benzene rings is 1. The van der Waals surface area contributed by atoms with Gasteiger partial charge in [-0.1, -0.05) is 38.5 Å². The molecule has 1 aromatic heterocycles. The van der Waals surface area contributed by atoms with Gasteiger partial charge >= 0.3 is 0 Å². The molecule has 0 aliphatic heterocycles. The van der Waals surface area contributed by atoms with E-state index in [-0.39, 0.29) is 11.9 Å². The maximum atomic E-state index is 12.2. The summed E-state index contributed by atoms with van der Waals surface area (Å²) in [7, 11) is 0. The van der Waals surface area contributed by atoms with Crippen molar-refractivity contribution < 1.29 is 4.79 Å². The molecule has 0 saturated heterocycles. The predicted octanol–water partition coefficient (Wildman–Crippen LogP) is 2.73. The van der Waals surface area contributed by atoms with E-state index in [2.05, 4.69) is 30.2 Å². The lowest BCUT2D eigenvalue weighted by molar-refractivity contribution is -0.123. The summed E-state index contributed by atoms with van der Waals surface area (Å²) in [5.74, 6) is -0.0550. The highest BCUT2D eigenvalue weighted by atomic mass is 16.2. The summed E-state index contributed by atoms with van der Waals surface area (Å²) >= 11 is 0. The van der Waals surface area contributed by atoms with Gasteiger partial charge in [0.1, 0.15) is 0 Å². The average Bonchev–Trinajstić information content (AvgIpc) is 2.90. The van der Waals surface area contributed by atoms with E-state index in [1.165, 1.54) is 0 Å². The van der Waals surface area contributed by atoms with Crippen molar-refractivity contribution in [1.82, 2.24) is 10.3 Å². The van der Waals surface area contributed by atoms with Gasteiger partial charge in [0.15, 0.2) is 0 Å². The molecule has 0 saturated carbocycles. The van der Waals surface area contributed by atoms with Gasteiger partial charge in [0.2, 0.25) is 5.91 Å². The Bertz CT molecular complexity index is 590. The third-order valence-corrected chi connectivity index (χ3v) is 3.93. The maximum absolute atomic E-state index is 12.2. The first-order valence-corrected chi connectivity index (χ1v) is 7.76. The first-order valence-electron chi connectivity index (χ1n) is 7.76. The lowest BCUT2D eigenvalue weighted by atomic mass is 10.0. The molecule has 114 valence electrons. The van der Waals surface area contributed by atoms with Crippen LogP contribution in [0.5, 0.6) is 0 Å². The second-order valence-corrected chi connectivity index (χ2v) is 5.57. The average molecular weight is 287 g/mol. The molecule has 2 aromatic rings. The van der Waals surface area contributed by atoms with E-state index in [1.54, 1.807) is 0 Å². The molecule has 0 aliphatic rings. The third-order valence-electron chi connectivity index (χ3n) is 3.93. The summed E-state index contributed by atoms with van der Waals surface area (Å²) in [6.45, 7) is 4.21. The van der Waals surface area contributed by atoms with Gasteiger partial charge in [-0.15, -0.1) is 0 Å². The van der Waals surface area contributed by atoms with E-state index in [4.69, 9.17) is 5.73 Å². The molecule has 4 N–H and O–H groups in total. The highest BCUT2D eigenvalue weighted by Crippen LogP contribution is 2.18. The number of carbonyl (C=O) groups is 1. The topological polar surface area (TPSA) is 70.9 Å². The number of amides is 1. The van der Waals surface area contributed by atoms with Crippen LogP contribution in [0.1, 0.15) is 38.7 Å². The number of nitrogens with two attached hydrogens (primary N) is 1. The monoisotopic (exact) mass is 287 g/mol. The Labute approximate surface area is 126 Å². The molecule has 1 unspecified atom stereocenters. The molecule has 4 nitrogen and oxygen atoms in total. The van der Waals surface area contributed by atoms with Crippen LogP contribution in [0.4, 0.5) is 0 Å². The fraction of sp³-hybridized carbons (Fsp3) is 0.471. The lowest BCUT2D eigenvalue weighted by Crippen LogP contribution is -2.46. The van der Waals surface area contributed by atoms with E-state index >= 15 is 0 Å². The van der Waals surface area contributed by atoms with E-state index < -0.39 is 6.04 Å². The minimum Gasteiger partial charge on any atom is -0.361 e. The highest BCUT2D eigenvalue weighted by molar-refractivity contribution is 5.86. The molecule has 0 radical (unpaired) electrons. The molecule has 0 aliphatic carbocycles. The second kappa shape index (κ2) is 7.27. The van der Waals surface area contributed by atoms with Crippen molar-refractivity contribution in [3.63, 3.8) is 0 Å². The smallest absolute Gasteiger partial charge is 0.237 e. The van der Waals surface area contributed by atoms with Crippen molar-refractivity contribution in [2.45, 2.75) is 51.6 Å². The summed E-state index contributed by atoms with van der Waals surface area (Å²) in [5, 5.41) is 4.19. The van der Waals surface area contributed by atoms with Crippen molar-refractivity contribution in [2.75, 3.05) is 0 Å². The quantitative estimate of drug-likeness (QED) is 0.732. The van der Waals surface area contributed by atoms with Gasteiger partial charge in [-0.2, -0.15) is 0 Å². The Morgan fingerprint density at radius 2 is 2.10 bits per heavy atom. The van der Waals surface area contributed by atoms with Gasteiger partial charge < -0.3 is 16.0 Å². The zero-order chi connectivity index (χ0) is 15.2. The number of hydrogen-bond donors (Lipinski definition) is 3. The standard InChI is InChI=1S/C17H25N3O/c1-3-7-13(4-2)20-17(21)15(18)10-12-11-19-16-9-6-5-8-14(12)16/h5-6,8-9,11,13,15,19H,3-4,7,10,18H2,1-2H3,(H,20,21)/t13?,15-/m1/s1. The molecule has 2 atom stereocenters. The molecule has 2 rings (SSSR count). The molecule has 21 heavy (non-hydrogen) atoms. The van der Waals surface area contributed by atoms with E-state index in [0.717, 1.165) is 35.7 Å². The van der Waals surface area contributed by atoms with Crippen LogP contribution in [0.3, 0.4) is 0 Å². The minimum absolute atomic E-state index is 0.0550. The summed E-state index contributed by atoms with van der Waals surface area (Å²) in [5.41, 5.74) is 8.25. The number of carbonyl (C=O) groups excluding carboxylic acids is 1. The highest BCUT2D eigenvalue weighted by Gasteiger charge is 2.18. The number of aromatic nitrogens is 1. The van der Waals surface area contributed by atoms with E-state index in [0.29, 0.717) is 6.42 Å². The zero-order valence-electron chi connectivity index (χ0n) is 12.9. The molecule has 1 aromatic carbocycles. The number of aromatic amines is 1. The van der Waals surface area contributed by atoms with Crippen molar-refractivity contribution in [3.8, 4) is 0 Å². The number of para-hydroxylation sites is 1. The first-order chi connectivity index (χ1) is 10.2. The molecule has 1 amide bonds. The summed E-state index contributed by atoms with van der Waals surface area (Å²) in [6.07, 6.45) is 5.51. The molecule has 0 spiro atoms. The molecular weight excluding hydrogens is 262 g/mol. The summed E-state index contributed by atoms with van der Waals surface area (Å²) < 4.78 is 0. The van der Waals surface area contributed by atoms with E-state index in [9.17, 15) is 4.79 Å². The first kappa shape index (κ1) is 15.6. The van der Waals surface area contributed by atoms with Crippen molar-refractivity contribution in [2.24, 2.45) is 5.73 Å². The number of H-pyrrole nitrogens is 1. The van der Waals surface area contributed by atoms with Crippen molar-refractivity contribution in [3.05, 3.63) is 36.0 Å². The van der Waals surface area contributed by atoms with Gasteiger partial charge in [-0.3, -0.25) is 4.79 Å². The van der Waals surface area contributed by atoms with Crippen molar-refractivity contribution >= 4 is 16.8 Å². The Morgan fingerprint density at radius 1 is 1.33 bits per heavy atom. The fourth-order valence-electron chi connectivity index (χ4n) is 2.67. The van der Waals surface area contributed by atoms with Gasteiger partial charge in [-0.05, 0) is 30.9 Å². The van der Waals surface area contributed by atoms with Crippen LogP contribution in [0.15, 0.2) is 30.5 Å². The number of fused-ring (bicyclic) bond motifs is 1. The predicted molar refractivity (Wildman–Crippen MR) is 87.1 cm³/mol. The Balaban J connectivity index is 2.00. The van der Waals surface area contributed by atoms with Crippen LogP contribution < -0.4 is 11.1 Å². The van der Waals surface area contributed by atoms with E-state index in [1.807, 2.05) is 24.4 Å². The van der Waals surface area contributed by atoms with Crippen LogP contribution in [0, 0.1) is 0 Å². The van der Waals surface area contributed by atoms with Gasteiger partial charge in [-0.25, -0.2) is 0 Å². The Hall–Kier alpha value is -1.81. The lowest BCUT2D eigenvalue weighted by Gasteiger charge is -2.19. The van der Waals surface area contributed by atoms with Gasteiger partial charge in [0.05, 0.1) is 6.04 Å². The number of hydrogen-bond acceptors (Lipinski definition) is 2. The van der Waals surface area contributed by atoms with Gasteiger partial charge in [0, 0.05) is 23.1 Å². The summed E-state index contributed by atoms with van der Waals surface area (Å²) in [4.78, 5) is 15.4. The van der Waals surface area contributed by atoms with Crippen LogP contribution >= 0.6 is 0 Å². The van der Waals surface area contributed by atoms with Crippen LogP contribution in [-0.4, -0.2) is 23.0 Å². The molecular formula is C17H25N3O. The minimum atomic E-state index is -0.505. The Kier molecular flexibility index (Phi) is 5.39. The summed E-state index contributed by atoms with van der Waals surface area (Å²) in [6, 6.07) is 7.80. The third kappa shape index (κ3) is 3.85. The largest absolute Gasteiger partial charge is 0.361 e.